The summed E-state index contributed by atoms with van der Waals surface area (Å²) in [6, 6.07) is 6.03. The second-order valence-corrected chi connectivity index (χ2v) is 4.30. The van der Waals surface area contributed by atoms with Crippen LogP contribution in [0.25, 0.3) is 0 Å². The van der Waals surface area contributed by atoms with Crippen LogP contribution in [0.4, 0.5) is 0 Å². The molecule has 1 N–H and O–H groups in total. The van der Waals surface area contributed by atoms with E-state index in [-0.39, 0.29) is 6.61 Å². The molecule has 0 saturated carbocycles. The monoisotopic (exact) mass is 360 g/mol. The SMILES string of the molecule is OCc1cc(I)ccc1I. The summed E-state index contributed by atoms with van der Waals surface area (Å²) in [5.41, 5.74) is 1.01. The Kier molecular flexibility index (Phi) is 3.38. The fourth-order valence-corrected chi connectivity index (χ4v) is 1.73. The smallest absolute Gasteiger partial charge is 0.0692 e. The topological polar surface area (TPSA) is 20.2 Å². The van der Waals surface area contributed by atoms with E-state index in [1.54, 1.807) is 0 Å². The van der Waals surface area contributed by atoms with E-state index >= 15 is 0 Å². The van der Waals surface area contributed by atoms with Crippen molar-refractivity contribution < 1.29 is 5.11 Å². The minimum absolute atomic E-state index is 0.134. The molecule has 1 aromatic carbocycles. The molecular formula is C7H6I2O. The Bertz CT molecular complexity index is 235. The van der Waals surface area contributed by atoms with Gasteiger partial charge in [-0.15, -0.1) is 0 Å². The average molecular weight is 360 g/mol. The van der Waals surface area contributed by atoms with Crippen LogP contribution >= 0.6 is 45.2 Å². The highest BCUT2D eigenvalue weighted by Crippen LogP contribution is 2.15. The van der Waals surface area contributed by atoms with Crippen LogP contribution in [0.2, 0.25) is 0 Å². The van der Waals surface area contributed by atoms with E-state index in [2.05, 4.69) is 45.2 Å². The molecule has 0 radical (unpaired) electrons. The van der Waals surface area contributed by atoms with Gasteiger partial charge in [-0.1, -0.05) is 0 Å². The van der Waals surface area contributed by atoms with Crippen LogP contribution < -0.4 is 0 Å². The molecule has 0 spiro atoms. The van der Waals surface area contributed by atoms with Crippen LogP contribution in [0, 0.1) is 7.14 Å². The third-order valence-electron chi connectivity index (χ3n) is 1.18. The van der Waals surface area contributed by atoms with Crippen LogP contribution in [0.1, 0.15) is 5.56 Å². The standard InChI is InChI=1S/C7H6I2O/c8-6-1-2-7(9)5(3-6)4-10/h1-3,10H,4H2. The maximum Gasteiger partial charge on any atom is 0.0692 e. The van der Waals surface area contributed by atoms with Gasteiger partial charge < -0.3 is 5.11 Å². The number of rotatable bonds is 1. The molecule has 0 aromatic heterocycles. The Balaban J connectivity index is 3.09. The second-order valence-electron chi connectivity index (χ2n) is 1.89. The summed E-state index contributed by atoms with van der Waals surface area (Å²) in [5, 5.41) is 8.83. The Morgan fingerprint density at radius 2 is 2.00 bits per heavy atom. The lowest BCUT2D eigenvalue weighted by molar-refractivity contribution is 0.281. The van der Waals surface area contributed by atoms with Crippen LogP contribution in [0.15, 0.2) is 18.2 Å². The Morgan fingerprint density at radius 1 is 1.30 bits per heavy atom. The molecule has 10 heavy (non-hydrogen) atoms. The molecule has 1 rings (SSSR count). The molecule has 0 saturated heterocycles. The third kappa shape index (κ3) is 2.06. The molecule has 0 heterocycles. The van der Waals surface area contributed by atoms with Crippen LogP contribution in [-0.4, -0.2) is 5.11 Å². The lowest BCUT2D eigenvalue weighted by Gasteiger charge is -1.99. The van der Waals surface area contributed by atoms with Crippen molar-refractivity contribution in [1.29, 1.82) is 0 Å². The zero-order valence-electron chi connectivity index (χ0n) is 5.14. The second kappa shape index (κ2) is 3.87. The highest BCUT2D eigenvalue weighted by molar-refractivity contribution is 14.1. The van der Waals surface area contributed by atoms with E-state index in [0.29, 0.717) is 0 Å². The highest BCUT2D eigenvalue weighted by atomic mass is 127. The van der Waals surface area contributed by atoms with E-state index in [0.717, 1.165) is 9.13 Å². The molecular weight excluding hydrogens is 354 g/mol. The van der Waals surface area contributed by atoms with Gasteiger partial charge in [0, 0.05) is 7.14 Å². The van der Waals surface area contributed by atoms with Crippen LogP contribution in [0.5, 0.6) is 0 Å². The first-order chi connectivity index (χ1) is 4.74. The normalized spacial score (nSPS) is 9.90. The quantitative estimate of drug-likeness (QED) is 0.763. The lowest BCUT2D eigenvalue weighted by atomic mass is 10.2. The van der Waals surface area contributed by atoms with Gasteiger partial charge in [-0.05, 0) is 68.9 Å². The van der Waals surface area contributed by atoms with Crippen molar-refractivity contribution in [3.8, 4) is 0 Å². The molecule has 1 nitrogen and oxygen atoms in total. The minimum Gasteiger partial charge on any atom is -0.392 e. The van der Waals surface area contributed by atoms with Gasteiger partial charge in [0.25, 0.3) is 0 Å². The predicted octanol–water partition coefficient (Wildman–Crippen LogP) is 2.39. The number of aliphatic hydroxyl groups is 1. The molecule has 0 fully saturated rings. The van der Waals surface area contributed by atoms with Gasteiger partial charge in [-0.3, -0.25) is 0 Å². The first-order valence-corrected chi connectivity index (χ1v) is 4.94. The summed E-state index contributed by atoms with van der Waals surface area (Å²) in [7, 11) is 0. The summed E-state index contributed by atoms with van der Waals surface area (Å²) < 4.78 is 2.29. The van der Waals surface area contributed by atoms with Gasteiger partial charge in [0.2, 0.25) is 0 Å². The average Bonchev–Trinajstić information content (AvgIpc) is 1.94. The van der Waals surface area contributed by atoms with Crippen LogP contribution in [0.3, 0.4) is 0 Å². The molecule has 3 heteroatoms. The molecule has 0 amide bonds. The van der Waals surface area contributed by atoms with Gasteiger partial charge in [0.05, 0.1) is 6.61 Å². The maximum atomic E-state index is 8.83. The Morgan fingerprint density at radius 3 is 2.50 bits per heavy atom. The number of benzene rings is 1. The van der Waals surface area contributed by atoms with Crippen molar-refractivity contribution in [3.63, 3.8) is 0 Å². The fraction of sp³-hybridized carbons (Fsp3) is 0.143. The molecule has 0 bridgehead atoms. The zero-order valence-corrected chi connectivity index (χ0v) is 9.46. The van der Waals surface area contributed by atoms with Crippen LogP contribution in [-0.2, 0) is 6.61 Å². The van der Waals surface area contributed by atoms with E-state index in [1.165, 1.54) is 3.57 Å². The number of hydrogen-bond donors (Lipinski definition) is 1. The molecule has 0 unspecified atom stereocenters. The van der Waals surface area contributed by atoms with E-state index in [4.69, 9.17) is 5.11 Å². The first-order valence-electron chi connectivity index (χ1n) is 2.79. The molecule has 0 aliphatic heterocycles. The largest absolute Gasteiger partial charge is 0.392 e. The van der Waals surface area contributed by atoms with Gasteiger partial charge in [0.1, 0.15) is 0 Å². The summed E-state index contributed by atoms with van der Waals surface area (Å²) in [5.74, 6) is 0. The van der Waals surface area contributed by atoms with Crippen molar-refractivity contribution in [2.45, 2.75) is 6.61 Å². The Labute approximate surface area is 87.1 Å². The van der Waals surface area contributed by atoms with Crippen molar-refractivity contribution in [2.75, 3.05) is 0 Å². The van der Waals surface area contributed by atoms with Gasteiger partial charge in [0.15, 0.2) is 0 Å². The Hall–Kier alpha value is 0.640. The summed E-state index contributed by atoms with van der Waals surface area (Å²) >= 11 is 4.44. The van der Waals surface area contributed by atoms with Crippen molar-refractivity contribution in [3.05, 3.63) is 30.9 Å². The minimum atomic E-state index is 0.134. The van der Waals surface area contributed by atoms with Gasteiger partial charge in [-0.2, -0.15) is 0 Å². The fourth-order valence-electron chi connectivity index (χ4n) is 0.664. The third-order valence-corrected chi connectivity index (χ3v) is 2.90. The van der Waals surface area contributed by atoms with E-state index in [1.807, 2.05) is 18.2 Å². The summed E-state index contributed by atoms with van der Waals surface area (Å²) in [4.78, 5) is 0. The van der Waals surface area contributed by atoms with E-state index < -0.39 is 0 Å². The first kappa shape index (κ1) is 8.73. The van der Waals surface area contributed by atoms with Crippen molar-refractivity contribution in [2.24, 2.45) is 0 Å². The van der Waals surface area contributed by atoms with Crippen molar-refractivity contribution in [1.82, 2.24) is 0 Å². The number of aliphatic hydroxyl groups excluding tert-OH is 1. The summed E-state index contributed by atoms with van der Waals surface area (Å²) in [6.07, 6.45) is 0. The van der Waals surface area contributed by atoms with E-state index in [9.17, 15) is 0 Å². The summed E-state index contributed by atoms with van der Waals surface area (Å²) in [6.45, 7) is 0.134. The zero-order chi connectivity index (χ0) is 7.56. The molecule has 1 aromatic rings. The predicted molar refractivity (Wildman–Crippen MR) is 57.8 cm³/mol. The number of halogens is 2. The lowest BCUT2D eigenvalue weighted by Crippen LogP contribution is -1.87. The molecule has 0 aliphatic rings. The van der Waals surface area contributed by atoms with Crippen molar-refractivity contribution >= 4 is 45.2 Å². The van der Waals surface area contributed by atoms with Gasteiger partial charge >= 0.3 is 0 Å². The molecule has 0 atom stereocenters. The van der Waals surface area contributed by atoms with Gasteiger partial charge in [-0.25, -0.2) is 0 Å². The highest BCUT2D eigenvalue weighted by Gasteiger charge is 1.96. The molecule has 0 aliphatic carbocycles. The molecule has 54 valence electrons. The number of hydrogen-bond acceptors (Lipinski definition) is 1. The maximum absolute atomic E-state index is 8.83.